The molecule has 0 amide bonds. The van der Waals surface area contributed by atoms with E-state index in [9.17, 15) is 0 Å². The Bertz CT molecular complexity index is 403. The summed E-state index contributed by atoms with van der Waals surface area (Å²) in [7, 11) is 1.69. The summed E-state index contributed by atoms with van der Waals surface area (Å²) in [5.74, 6) is 0.888. The molecular formula is C14H21ClN2O. The molecule has 0 aromatic heterocycles. The molecule has 1 aromatic rings. The molecule has 2 rings (SSSR count). The maximum absolute atomic E-state index is 6.08. The van der Waals surface area contributed by atoms with Gasteiger partial charge in [-0.15, -0.1) is 0 Å². The molecule has 4 heteroatoms. The van der Waals surface area contributed by atoms with E-state index in [0.717, 1.165) is 41.5 Å². The topological polar surface area (TPSA) is 33.3 Å². The molecule has 1 atom stereocenters. The van der Waals surface area contributed by atoms with Gasteiger partial charge < -0.3 is 15.4 Å². The van der Waals surface area contributed by atoms with Crippen molar-refractivity contribution in [3.8, 4) is 5.75 Å². The number of hydrogen-bond donors (Lipinski definition) is 2. The summed E-state index contributed by atoms with van der Waals surface area (Å²) in [5, 5.41) is 7.67. The highest BCUT2D eigenvalue weighted by molar-refractivity contribution is 6.31. The quantitative estimate of drug-likeness (QED) is 0.860. The highest BCUT2D eigenvalue weighted by atomic mass is 35.5. The van der Waals surface area contributed by atoms with Crippen LogP contribution in [0.25, 0.3) is 0 Å². The molecule has 1 aliphatic heterocycles. The number of ether oxygens (including phenoxy) is 1. The van der Waals surface area contributed by atoms with Gasteiger partial charge in [-0.2, -0.15) is 0 Å². The van der Waals surface area contributed by atoms with Crippen molar-refractivity contribution in [2.24, 2.45) is 0 Å². The van der Waals surface area contributed by atoms with Gasteiger partial charge in [0.15, 0.2) is 0 Å². The summed E-state index contributed by atoms with van der Waals surface area (Å²) in [6.45, 7) is 4.10. The van der Waals surface area contributed by atoms with Crippen molar-refractivity contribution in [1.29, 1.82) is 0 Å². The Labute approximate surface area is 114 Å². The second kappa shape index (κ2) is 6.30. The van der Waals surface area contributed by atoms with Crippen LogP contribution in [0.2, 0.25) is 5.02 Å². The Balaban J connectivity index is 1.95. The molecule has 0 aliphatic carbocycles. The smallest absolute Gasteiger partial charge is 0.144 e. The Morgan fingerprint density at radius 1 is 1.50 bits per heavy atom. The summed E-state index contributed by atoms with van der Waals surface area (Å²) >= 11 is 6.08. The van der Waals surface area contributed by atoms with Gasteiger partial charge in [-0.1, -0.05) is 11.6 Å². The summed E-state index contributed by atoms with van der Waals surface area (Å²) in [6.07, 6.45) is 3.71. The van der Waals surface area contributed by atoms with Crippen molar-refractivity contribution in [2.75, 3.05) is 25.5 Å². The molecule has 1 unspecified atom stereocenters. The average molecular weight is 269 g/mol. The first-order valence-corrected chi connectivity index (χ1v) is 6.90. The van der Waals surface area contributed by atoms with Crippen LogP contribution in [0.5, 0.6) is 5.75 Å². The molecule has 100 valence electrons. The highest BCUT2D eigenvalue weighted by Gasteiger charge is 2.14. The van der Waals surface area contributed by atoms with E-state index in [1.165, 1.54) is 12.8 Å². The van der Waals surface area contributed by atoms with E-state index in [1.54, 1.807) is 7.11 Å². The van der Waals surface area contributed by atoms with Crippen molar-refractivity contribution >= 4 is 17.3 Å². The average Bonchev–Trinajstić information content (AvgIpc) is 2.81. The van der Waals surface area contributed by atoms with Crippen LogP contribution in [0.15, 0.2) is 12.1 Å². The van der Waals surface area contributed by atoms with E-state index in [-0.39, 0.29) is 0 Å². The van der Waals surface area contributed by atoms with Gasteiger partial charge in [-0.05, 0) is 50.4 Å². The number of aryl methyl sites for hydroxylation is 1. The minimum absolute atomic E-state index is 0.656. The molecule has 18 heavy (non-hydrogen) atoms. The summed E-state index contributed by atoms with van der Waals surface area (Å²) in [6, 6.07) is 4.50. The van der Waals surface area contributed by atoms with Gasteiger partial charge in [0.2, 0.25) is 0 Å². The fourth-order valence-corrected chi connectivity index (χ4v) is 2.79. The number of methoxy groups -OCH3 is 1. The number of hydrogen-bond acceptors (Lipinski definition) is 3. The molecule has 1 heterocycles. The predicted octanol–water partition coefficient (Wildman–Crippen LogP) is 3.21. The Morgan fingerprint density at radius 3 is 3.00 bits per heavy atom. The standard InChI is InChI=1S/C14H21ClN2O/c1-10-8-11(15)9-13(14(10)18-2)17-7-5-12-4-3-6-16-12/h8-9,12,16-17H,3-7H2,1-2H3. The third kappa shape index (κ3) is 3.30. The minimum Gasteiger partial charge on any atom is -0.494 e. The first kappa shape index (κ1) is 13.5. The van der Waals surface area contributed by atoms with Crippen molar-refractivity contribution in [3.05, 3.63) is 22.7 Å². The molecule has 1 aliphatic rings. The lowest BCUT2D eigenvalue weighted by atomic mass is 10.1. The van der Waals surface area contributed by atoms with E-state index in [4.69, 9.17) is 16.3 Å². The maximum Gasteiger partial charge on any atom is 0.144 e. The number of rotatable bonds is 5. The van der Waals surface area contributed by atoms with Crippen molar-refractivity contribution < 1.29 is 4.74 Å². The normalized spacial score (nSPS) is 18.9. The van der Waals surface area contributed by atoms with E-state index in [1.807, 2.05) is 19.1 Å². The van der Waals surface area contributed by atoms with Crippen molar-refractivity contribution in [3.63, 3.8) is 0 Å². The van der Waals surface area contributed by atoms with Gasteiger partial charge >= 0.3 is 0 Å². The SMILES string of the molecule is COc1c(C)cc(Cl)cc1NCCC1CCCN1. The summed E-state index contributed by atoms with van der Waals surface area (Å²) in [5.41, 5.74) is 2.05. The van der Waals surface area contributed by atoms with Crippen molar-refractivity contribution in [1.82, 2.24) is 5.32 Å². The van der Waals surface area contributed by atoms with Crippen LogP contribution < -0.4 is 15.4 Å². The van der Waals surface area contributed by atoms with Gasteiger partial charge in [-0.3, -0.25) is 0 Å². The lowest BCUT2D eigenvalue weighted by Gasteiger charge is -2.15. The molecular weight excluding hydrogens is 248 g/mol. The zero-order valence-electron chi connectivity index (χ0n) is 11.1. The predicted molar refractivity (Wildman–Crippen MR) is 76.9 cm³/mol. The highest BCUT2D eigenvalue weighted by Crippen LogP contribution is 2.32. The zero-order chi connectivity index (χ0) is 13.0. The first-order chi connectivity index (χ1) is 8.70. The fourth-order valence-electron chi connectivity index (χ4n) is 2.52. The number of benzene rings is 1. The molecule has 0 saturated carbocycles. The molecule has 0 radical (unpaired) electrons. The lowest BCUT2D eigenvalue weighted by Crippen LogP contribution is -2.24. The molecule has 1 fully saturated rings. The molecule has 1 aromatic carbocycles. The van der Waals surface area contributed by atoms with Gasteiger partial charge in [0, 0.05) is 17.6 Å². The Morgan fingerprint density at radius 2 is 2.33 bits per heavy atom. The molecule has 1 saturated heterocycles. The van der Waals surface area contributed by atoms with Crippen LogP contribution in [0.4, 0.5) is 5.69 Å². The van der Waals surface area contributed by atoms with Gasteiger partial charge in [0.05, 0.1) is 12.8 Å². The Kier molecular flexibility index (Phi) is 4.72. The van der Waals surface area contributed by atoms with Crippen LogP contribution in [0.3, 0.4) is 0 Å². The van der Waals surface area contributed by atoms with Crippen molar-refractivity contribution in [2.45, 2.75) is 32.2 Å². The number of anilines is 1. The second-order valence-corrected chi connectivity index (χ2v) is 5.25. The van der Waals surface area contributed by atoms with Crippen LogP contribution in [0.1, 0.15) is 24.8 Å². The maximum atomic E-state index is 6.08. The number of nitrogens with one attached hydrogen (secondary N) is 2. The molecule has 3 nitrogen and oxygen atoms in total. The first-order valence-electron chi connectivity index (χ1n) is 6.52. The van der Waals surface area contributed by atoms with Crippen LogP contribution in [0, 0.1) is 6.92 Å². The lowest BCUT2D eigenvalue weighted by molar-refractivity contribution is 0.413. The molecule has 0 spiro atoms. The monoisotopic (exact) mass is 268 g/mol. The zero-order valence-corrected chi connectivity index (χ0v) is 11.8. The molecule has 0 bridgehead atoms. The third-order valence-corrected chi connectivity index (χ3v) is 3.63. The van der Waals surface area contributed by atoms with E-state index in [0.29, 0.717) is 6.04 Å². The third-order valence-electron chi connectivity index (χ3n) is 3.41. The van der Waals surface area contributed by atoms with E-state index < -0.39 is 0 Å². The Hall–Kier alpha value is -0.930. The van der Waals surface area contributed by atoms with E-state index in [2.05, 4.69) is 10.6 Å². The van der Waals surface area contributed by atoms with Gasteiger partial charge in [-0.25, -0.2) is 0 Å². The van der Waals surface area contributed by atoms with Gasteiger partial charge in [0.25, 0.3) is 0 Å². The second-order valence-electron chi connectivity index (χ2n) is 4.81. The van der Waals surface area contributed by atoms with Gasteiger partial charge in [0.1, 0.15) is 5.75 Å². The number of halogens is 1. The summed E-state index contributed by atoms with van der Waals surface area (Å²) < 4.78 is 5.42. The van der Waals surface area contributed by atoms with Crippen LogP contribution >= 0.6 is 11.6 Å². The largest absolute Gasteiger partial charge is 0.494 e. The van der Waals surface area contributed by atoms with Crippen LogP contribution in [-0.4, -0.2) is 26.2 Å². The summed E-state index contributed by atoms with van der Waals surface area (Å²) in [4.78, 5) is 0. The molecule has 2 N–H and O–H groups in total. The van der Waals surface area contributed by atoms with Crippen LogP contribution in [-0.2, 0) is 0 Å². The van der Waals surface area contributed by atoms with E-state index >= 15 is 0 Å². The minimum atomic E-state index is 0.656. The fraction of sp³-hybridized carbons (Fsp3) is 0.571.